The molecule has 8 heteroatoms. The van der Waals surface area contributed by atoms with Gasteiger partial charge in [-0.3, -0.25) is 9.59 Å². The zero-order valence-corrected chi connectivity index (χ0v) is 14.8. The number of ether oxygens (including phenoxy) is 1. The lowest BCUT2D eigenvalue weighted by atomic mass is 10.1. The van der Waals surface area contributed by atoms with Gasteiger partial charge in [-0.05, 0) is 18.6 Å². The van der Waals surface area contributed by atoms with Gasteiger partial charge in [0, 0.05) is 18.5 Å². The van der Waals surface area contributed by atoms with Crippen LogP contribution in [0.25, 0.3) is 0 Å². The molecule has 1 saturated heterocycles. The van der Waals surface area contributed by atoms with Gasteiger partial charge in [0.05, 0.1) is 30.6 Å². The molecule has 1 aliphatic heterocycles. The van der Waals surface area contributed by atoms with Crippen LogP contribution in [-0.2, 0) is 9.59 Å². The fourth-order valence-corrected chi connectivity index (χ4v) is 2.28. The third kappa shape index (κ3) is 5.09. The third-order valence-corrected chi connectivity index (χ3v) is 3.69. The third-order valence-electron chi connectivity index (χ3n) is 3.69. The van der Waals surface area contributed by atoms with E-state index in [9.17, 15) is 14.7 Å². The molecule has 134 valence electrons. The first-order chi connectivity index (χ1) is 10.9. The zero-order valence-electron chi connectivity index (χ0n) is 14.0. The number of hydrogen-bond acceptors (Lipinski definition) is 5. The number of carbonyl (C=O) groups is 2. The van der Waals surface area contributed by atoms with Crippen LogP contribution in [0.4, 0.5) is 11.4 Å². The highest BCUT2D eigenvalue weighted by Gasteiger charge is 2.28. The molecule has 4 N–H and O–H groups in total. The van der Waals surface area contributed by atoms with Crippen molar-refractivity contribution in [3.05, 3.63) is 18.2 Å². The molecule has 1 aromatic carbocycles. The van der Waals surface area contributed by atoms with Crippen molar-refractivity contribution >= 4 is 35.6 Å². The first kappa shape index (κ1) is 20.2. The Morgan fingerprint density at radius 1 is 1.29 bits per heavy atom. The number of amides is 2. The van der Waals surface area contributed by atoms with Crippen molar-refractivity contribution in [2.24, 2.45) is 5.92 Å². The normalized spacial score (nSPS) is 19.5. The molecule has 2 amide bonds. The van der Waals surface area contributed by atoms with E-state index in [0.29, 0.717) is 30.1 Å². The summed E-state index contributed by atoms with van der Waals surface area (Å²) in [4.78, 5) is 24.2. The molecule has 0 saturated carbocycles. The van der Waals surface area contributed by atoms with E-state index in [1.807, 2.05) is 0 Å². The second-order valence-corrected chi connectivity index (χ2v) is 5.90. The number of β-amino-alcohol motifs (C(OH)–C–C–N with tert-alkyl or cyclic N) is 1. The summed E-state index contributed by atoms with van der Waals surface area (Å²) in [7, 11) is 1.53. The van der Waals surface area contributed by atoms with Crippen LogP contribution in [0.5, 0.6) is 5.75 Å². The van der Waals surface area contributed by atoms with Crippen molar-refractivity contribution in [2.45, 2.75) is 32.4 Å². The quantitative estimate of drug-likeness (QED) is 0.638. The Bertz CT molecular complexity index is 595. The fraction of sp³-hybridized carbons (Fsp3) is 0.500. The van der Waals surface area contributed by atoms with Crippen molar-refractivity contribution in [3.63, 3.8) is 0 Å². The Labute approximate surface area is 147 Å². The molecule has 24 heavy (non-hydrogen) atoms. The van der Waals surface area contributed by atoms with Gasteiger partial charge < -0.3 is 25.8 Å². The van der Waals surface area contributed by atoms with Gasteiger partial charge in [0.1, 0.15) is 5.75 Å². The van der Waals surface area contributed by atoms with E-state index in [1.54, 1.807) is 32.0 Å². The average molecular weight is 358 g/mol. The smallest absolute Gasteiger partial charge is 0.241 e. The maximum Gasteiger partial charge on any atom is 0.241 e. The van der Waals surface area contributed by atoms with E-state index in [2.05, 4.69) is 16.0 Å². The average Bonchev–Trinajstić information content (AvgIpc) is 2.95. The van der Waals surface area contributed by atoms with E-state index >= 15 is 0 Å². The van der Waals surface area contributed by atoms with E-state index in [1.165, 1.54) is 7.11 Å². The van der Waals surface area contributed by atoms with Gasteiger partial charge in [0.25, 0.3) is 0 Å². The molecule has 0 aromatic heterocycles. The predicted octanol–water partition coefficient (Wildman–Crippen LogP) is 1.37. The number of rotatable bonds is 5. The van der Waals surface area contributed by atoms with Crippen LogP contribution in [-0.4, -0.2) is 42.7 Å². The maximum atomic E-state index is 12.3. The van der Waals surface area contributed by atoms with E-state index in [0.717, 1.165) is 0 Å². The van der Waals surface area contributed by atoms with E-state index < -0.39 is 12.1 Å². The molecule has 1 fully saturated rings. The summed E-state index contributed by atoms with van der Waals surface area (Å²) in [6.07, 6.45) is -0.142. The number of halogens is 1. The highest BCUT2D eigenvalue weighted by molar-refractivity contribution is 6.02. The summed E-state index contributed by atoms with van der Waals surface area (Å²) in [6, 6.07) is 4.60. The molecule has 1 aromatic rings. The van der Waals surface area contributed by atoms with Gasteiger partial charge in [-0.25, -0.2) is 0 Å². The van der Waals surface area contributed by atoms with Crippen molar-refractivity contribution in [2.75, 3.05) is 24.3 Å². The topological polar surface area (TPSA) is 99.7 Å². The molecule has 0 unspecified atom stereocenters. The van der Waals surface area contributed by atoms with Crippen LogP contribution in [0.15, 0.2) is 18.2 Å². The van der Waals surface area contributed by atoms with Gasteiger partial charge >= 0.3 is 0 Å². The van der Waals surface area contributed by atoms with Crippen molar-refractivity contribution in [3.8, 4) is 5.75 Å². The number of hydrogen-bond donors (Lipinski definition) is 4. The van der Waals surface area contributed by atoms with Crippen LogP contribution in [0, 0.1) is 5.92 Å². The molecule has 0 bridgehead atoms. The Morgan fingerprint density at radius 2 is 2.00 bits per heavy atom. The lowest BCUT2D eigenvalue weighted by molar-refractivity contribution is -0.119. The molecule has 2 rings (SSSR count). The number of carbonyl (C=O) groups excluding carboxylic acids is 2. The number of methoxy groups -OCH3 is 1. The SMILES string of the molecule is COc1ccc(NC(=O)[C@@H]2C[C@@H](O)CN2)c(NC(=O)C(C)C)c1.Cl. The number of aliphatic hydroxyl groups excluding tert-OH is 1. The Hall–Kier alpha value is -1.83. The van der Waals surface area contributed by atoms with E-state index in [-0.39, 0.29) is 30.1 Å². The molecule has 1 aliphatic rings. The standard InChI is InChI=1S/C16H23N3O4.ClH/c1-9(2)15(21)19-13-7-11(23-3)4-5-12(13)18-16(22)14-6-10(20)8-17-14;/h4-5,7,9-10,14,17,20H,6,8H2,1-3H3,(H,18,22)(H,19,21);1H/t10-,14+;/m1./s1. The number of anilines is 2. The first-order valence-corrected chi connectivity index (χ1v) is 7.62. The number of nitrogens with one attached hydrogen (secondary N) is 3. The first-order valence-electron chi connectivity index (χ1n) is 7.62. The lowest BCUT2D eigenvalue weighted by Gasteiger charge is -2.17. The monoisotopic (exact) mass is 357 g/mol. The van der Waals surface area contributed by atoms with Gasteiger partial charge in [0.15, 0.2) is 0 Å². The highest BCUT2D eigenvalue weighted by atomic mass is 35.5. The summed E-state index contributed by atoms with van der Waals surface area (Å²) in [5.41, 5.74) is 0.975. The van der Waals surface area contributed by atoms with Gasteiger partial charge in [-0.15, -0.1) is 12.4 Å². The molecule has 0 aliphatic carbocycles. The minimum absolute atomic E-state index is 0. The van der Waals surface area contributed by atoms with Crippen LogP contribution in [0.2, 0.25) is 0 Å². The number of benzene rings is 1. The second-order valence-electron chi connectivity index (χ2n) is 5.90. The molecular formula is C16H24ClN3O4. The van der Waals surface area contributed by atoms with Crippen molar-refractivity contribution in [1.29, 1.82) is 0 Å². The minimum Gasteiger partial charge on any atom is -0.497 e. The van der Waals surface area contributed by atoms with Gasteiger partial charge in [0.2, 0.25) is 11.8 Å². The lowest BCUT2D eigenvalue weighted by Crippen LogP contribution is -2.35. The largest absolute Gasteiger partial charge is 0.497 e. The molecular weight excluding hydrogens is 334 g/mol. The predicted molar refractivity (Wildman–Crippen MR) is 94.8 cm³/mol. The summed E-state index contributed by atoms with van der Waals surface area (Å²) >= 11 is 0. The fourth-order valence-electron chi connectivity index (χ4n) is 2.28. The Balaban J connectivity index is 0.00000288. The Morgan fingerprint density at radius 3 is 2.54 bits per heavy atom. The van der Waals surface area contributed by atoms with Crippen molar-refractivity contribution < 1.29 is 19.4 Å². The van der Waals surface area contributed by atoms with Gasteiger partial charge in [-0.1, -0.05) is 13.8 Å². The second kappa shape index (κ2) is 8.86. The molecule has 7 nitrogen and oxygen atoms in total. The minimum atomic E-state index is -0.512. The molecule has 2 atom stereocenters. The van der Waals surface area contributed by atoms with Crippen molar-refractivity contribution in [1.82, 2.24) is 5.32 Å². The van der Waals surface area contributed by atoms with Crippen LogP contribution < -0.4 is 20.7 Å². The van der Waals surface area contributed by atoms with Crippen LogP contribution in [0.3, 0.4) is 0 Å². The molecule has 0 radical (unpaired) electrons. The van der Waals surface area contributed by atoms with Crippen LogP contribution in [0.1, 0.15) is 20.3 Å². The van der Waals surface area contributed by atoms with Gasteiger partial charge in [-0.2, -0.15) is 0 Å². The van der Waals surface area contributed by atoms with E-state index in [4.69, 9.17) is 4.74 Å². The van der Waals surface area contributed by atoms with Crippen LogP contribution >= 0.6 is 12.4 Å². The number of aliphatic hydroxyl groups is 1. The summed E-state index contributed by atoms with van der Waals surface area (Å²) in [5.74, 6) is 0.00259. The highest BCUT2D eigenvalue weighted by Crippen LogP contribution is 2.28. The summed E-state index contributed by atoms with van der Waals surface area (Å²) in [6.45, 7) is 3.98. The molecule has 0 spiro atoms. The summed E-state index contributed by atoms with van der Waals surface area (Å²) in [5, 5.41) is 18.0. The molecule has 1 heterocycles. The zero-order chi connectivity index (χ0) is 17.0. The Kier molecular flexibility index (Phi) is 7.47. The summed E-state index contributed by atoms with van der Waals surface area (Å²) < 4.78 is 5.16. The maximum absolute atomic E-state index is 12.3.